The fourth-order valence-corrected chi connectivity index (χ4v) is 8.77. The van der Waals surface area contributed by atoms with Crippen molar-refractivity contribution in [2.45, 2.75) is 238 Å². The van der Waals surface area contributed by atoms with E-state index in [1.54, 1.807) is 6.92 Å². The molecule has 0 radical (unpaired) electrons. The third-order valence-electron chi connectivity index (χ3n) is 11.7. The molecule has 0 spiro atoms. The molecule has 2 rings (SSSR count). The molecule has 1 saturated heterocycles. The van der Waals surface area contributed by atoms with Crippen molar-refractivity contribution >= 4 is 10.1 Å². The Morgan fingerprint density at radius 2 is 1.07 bits per heavy atom. The molecule has 0 amide bonds. The van der Waals surface area contributed by atoms with Crippen LogP contribution in [0.4, 0.5) is 0 Å². The zero-order chi connectivity index (χ0) is 44.1. The summed E-state index contributed by atoms with van der Waals surface area (Å²) in [6.07, 6.45) is 34.6. The van der Waals surface area contributed by atoms with E-state index in [1.165, 1.54) is 152 Å². The molecular formula is C47H90N3O9S+. The predicted molar refractivity (Wildman–Crippen MR) is 244 cm³/mol. The molecule has 1 aromatic rings. The SMILES string of the molecule is CCCCCCCCCCCCCCCCOC(OCCCCCCCCCCCCCCCC)O[C@H]1C[C@H](n2cc(C)c(=O)[nH]c2=O)O[C@H]1C(OS(C)(=O)=O)[N+](C)(C)C. The van der Waals surface area contributed by atoms with Gasteiger partial charge in [-0.2, -0.15) is 8.42 Å². The van der Waals surface area contributed by atoms with Gasteiger partial charge in [-0.1, -0.05) is 181 Å². The van der Waals surface area contributed by atoms with E-state index in [0.717, 1.165) is 44.8 Å². The number of unbranched alkanes of at least 4 members (excludes halogenated alkanes) is 26. The number of hydrogen-bond donors (Lipinski definition) is 1. The molecule has 1 aromatic heterocycles. The predicted octanol–water partition coefficient (Wildman–Crippen LogP) is 10.8. The molecule has 2 heterocycles. The Bertz CT molecular complexity index is 1410. The number of quaternary nitrogens is 1. The molecule has 0 aromatic carbocycles. The molecule has 0 saturated carbocycles. The van der Waals surface area contributed by atoms with Gasteiger partial charge in [0.25, 0.3) is 22.2 Å². The number of H-pyrrole nitrogens is 1. The lowest BCUT2D eigenvalue weighted by Crippen LogP contribution is -2.57. The van der Waals surface area contributed by atoms with Crippen molar-refractivity contribution in [3.8, 4) is 0 Å². The Hall–Kier alpha value is -1.61. The van der Waals surface area contributed by atoms with Crippen LogP contribution < -0.4 is 11.2 Å². The summed E-state index contributed by atoms with van der Waals surface area (Å²) in [5.41, 5.74) is -0.752. The van der Waals surface area contributed by atoms with Gasteiger partial charge in [-0.05, 0) is 19.8 Å². The van der Waals surface area contributed by atoms with Crippen molar-refractivity contribution in [1.29, 1.82) is 0 Å². The van der Waals surface area contributed by atoms with Gasteiger partial charge < -0.3 is 23.4 Å². The monoisotopic (exact) mass is 873 g/mol. The molecule has 1 unspecified atom stereocenters. The van der Waals surface area contributed by atoms with Gasteiger partial charge in [-0.3, -0.25) is 14.3 Å². The Labute approximate surface area is 365 Å². The van der Waals surface area contributed by atoms with Crippen LogP contribution in [0.1, 0.15) is 212 Å². The fraction of sp³-hybridized carbons (Fsp3) is 0.915. The van der Waals surface area contributed by atoms with Crippen LogP contribution in [0.5, 0.6) is 0 Å². The van der Waals surface area contributed by atoms with E-state index in [-0.39, 0.29) is 10.9 Å². The van der Waals surface area contributed by atoms with E-state index < -0.39 is 52.5 Å². The van der Waals surface area contributed by atoms with E-state index >= 15 is 0 Å². The third kappa shape index (κ3) is 24.9. The maximum absolute atomic E-state index is 13.0. The standard InChI is InChI=1S/C47H89N3O9S/c1-8-10-12-14-16-18-20-22-24-26-28-30-32-34-36-55-47(56-37-35-33-31-29-27-25-23-21-19-17-15-13-11-9-2)57-41-38-42(49-39-40(3)44(51)48-46(49)52)58-43(41)45(50(4,5)6)59-60(7,53)54/h39,41-43,45,47H,8-38H2,1-7H3/p+1/t41-,42+,43+,45?/m0/s1. The first-order valence-electron chi connectivity index (χ1n) is 24.3. The number of nitrogens with zero attached hydrogens (tertiary/aromatic N) is 2. The summed E-state index contributed by atoms with van der Waals surface area (Å²) in [7, 11) is 1.54. The highest BCUT2D eigenvalue weighted by Gasteiger charge is 2.50. The molecule has 1 aliphatic heterocycles. The minimum Gasteiger partial charge on any atom is -0.343 e. The summed E-state index contributed by atoms with van der Waals surface area (Å²) in [5, 5.41) is 0. The average Bonchev–Trinajstić information content (AvgIpc) is 3.59. The number of ether oxygens (including phenoxy) is 4. The Kier molecular flexibility index (Phi) is 29.2. The zero-order valence-electron chi connectivity index (χ0n) is 39.4. The van der Waals surface area contributed by atoms with Crippen LogP contribution in [0, 0.1) is 6.92 Å². The lowest BCUT2D eigenvalue weighted by molar-refractivity contribution is -0.919. The molecule has 1 aliphatic rings. The van der Waals surface area contributed by atoms with Crippen LogP contribution >= 0.6 is 0 Å². The first kappa shape index (κ1) is 54.5. The minimum absolute atomic E-state index is 0.0777. The van der Waals surface area contributed by atoms with Gasteiger partial charge in [0.2, 0.25) is 6.23 Å². The number of rotatable bonds is 39. The number of hydrogen-bond acceptors (Lipinski definition) is 9. The number of aromatic amines is 1. The lowest BCUT2D eigenvalue weighted by Gasteiger charge is -2.37. The van der Waals surface area contributed by atoms with E-state index in [4.69, 9.17) is 23.1 Å². The number of aryl methyl sites for hydroxylation is 1. The first-order valence-corrected chi connectivity index (χ1v) is 26.1. The normalized spacial score (nSPS) is 17.9. The molecule has 0 aliphatic carbocycles. The highest BCUT2D eigenvalue weighted by atomic mass is 32.2. The molecule has 12 nitrogen and oxygen atoms in total. The van der Waals surface area contributed by atoms with Gasteiger partial charge in [0.1, 0.15) is 12.3 Å². The quantitative estimate of drug-likeness (QED) is 0.0297. The summed E-state index contributed by atoms with van der Waals surface area (Å²) in [5.74, 6) is 0. The van der Waals surface area contributed by atoms with Crippen LogP contribution in [-0.4, -0.2) is 88.0 Å². The molecule has 60 heavy (non-hydrogen) atoms. The topological polar surface area (TPSA) is 135 Å². The van der Waals surface area contributed by atoms with Crippen LogP contribution in [0.25, 0.3) is 0 Å². The summed E-state index contributed by atoms with van der Waals surface area (Å²) in [4.78, 5) is 27.5. The van der Waals surface area contributed by atoms with Gasteiger partial charge in [-0.25, -0.2) is 8.98 Å². The number of likely N-dealkylation sites (N-methyl/N-ethyl adjacent to an activating group) is 1. The van der Waals surface area contributed by atoms with Crippen molar-refractivity contribution in [2.75, 3.05) is 40.6 Å². The van der Waals surface area contributed by atoms with Crippen LogP contribution in [0.3, 0.4) is 0 Å². The Morgan fingerprint density at radius 3 is 1.43 bits per heavy atom. The second-order valence-electron chi connectivity index (χ2n) is 18.5. The summed E-state index contributed by atoms with van der Waals surface area (Å²) in [6.45, 7) is 6.05. The largest absolute Gasteiger partial charge is 0.343 e. The molecule has 0 bridgehead atoms. The fourth-order valence-electron chi connectivity index (χ4n) is 8.05. The Morgan fingerprint density at radius 1 is 0.683 bits per heavy atom. The van der Waals surface area contributed by atoms with Gasteiger partial charge in [0.05, 0.1) is 40.6 Å². The highest BCUT2D eigenvalue weighted by Crippen LogP contribution is 2.36. The maximum atomic E-state index is 13.0. The van der Waals surface area contributed by atoms with Crippen molar-refractivity contribution in [2.24, 2.45) is 0 Å². The third-order valence-corrected chi connectivity index (χ3v) is 12.2. The van der Waals surface area contributed by atoms with Gasteiger partial charge >= 0.3 is 5.69 Å². The smallest absolute Gasteiger partial charge is 0.330 e. The summed E-state index contributed by atoms with van der Waals surface area (Å²) >= 11 is 0. The molecule has 352 valence electrons. The van der Waals surface area contributed by atoms with Gasteiger partial charge in [0, 0.05) is 18.2 Å². The van der Waals surface area contributed by atoms with Crippen LogP contribution in [-0.2, 0) is 33.2 Å². The molecule has 4 atom stereocenters. The number of nitrogens with one attached hydrogen (secondary N) is 1. The first-order chi connectivity index (χ1) is 28.8. The summed E-state index contributed by atoms with van der Waals surface area (Å²) < 4.78 is 57.6. The Balaban J connectivity index is 1.97. The van der Waals surface area contributed by atoms with Crippen LogP contribution in [0.2, 0.25) is 0 Å². The highest BCUT2D eigenvalue weighted by molar-refractivity contribution is 7.86. The van der Waals surface area contributed by atoms with Gasteiger partial charge in [-0.15, -0.1) is 0 Å². The molecule has 1 fully saturated rings. The lowest BCUT2D eigenvalue weighted by atomic mass is 10.0. The molecule has 1 N–H and O–H groups in total. The van der Waals surface area contributed by atoms with E-state index in [9.17, 15) is 18.0 Å². The second kappa shape index (κ2) is 32.1. The summed E-state index contributed by atoms with van der Waals surface area (Å²) in [6, 6.07) is 0. The molecular weight excluding hydrogens is 783 g/mol. The minimum atomic E-state index is -3.90. The second-order valence-corrected chi connectivity index (χ2v) is 20.1. The number of aromatic nitrogens is 2. The van der Waals surface area contributed by atoms with E-state index in [1.807, 2.05) is 21.1 Å². The van der Waals surface area contributed by atoms with Crippen molar-refractivity contribution < 1.29 is 36.0 Å². The van der Waals surface area contributed by atoms with Crippen LogP contribution in [0.15, 0.2) is 15.8 Å². The van der Waals surface area contributed by atoms with Crippen molar-refractivity contribution in [3.63, 3.8) is 0 Å². The van der Waals surface area contributed by atoms with Gasteiger partial charge in [0.15, 0.2) is 6.10 Å². The maximum Gasteiger partial charge on any atom is 0.330 e. The average molecular weight is 873 g/mol. The van der Waals surface area contributed by atoms with E-state index in [2.05, 4.69) is 18.8 Å². The zero-order valence-corrected chi connectivity index (χ0v) is 40.2. The van der Waals surface area contributed by atoms with E-state index in [0.29, 0.717) is 18.8 Å². The van der Waals surface area contributed by atoms with Crippen molar-refractivity contribution in [3.05, 3.63) is 32.6 Å². The van der Waals surface area contributed by atoms with Crippen molar-refractivity contribution in [1.82, 2.24) is 9.55 Å². The molecule has 13 heteroatoms.